The summed E-state index contributed by atoms with van der Waals surface area (Å²) in [6.07, 6.45) is 3.07. The zero-order valence-corrected chi connectivity index (χ0v) is 15.4. The number of hydrogen-bond donors (Lipinski definition) is 1. The smallest absolute Gasteiger partial charge is 0.243 e. The van der Waals surface area contributed by atoms with Gasteiger partial charge in [-0.3, -0.25) is 0 Å². The molecule has 0 radical (unpaired) electrons. The van der Waals surface area contributed by atoms with Crippen LogP contribution in [0.2, 0.25) is 0 Å². The highest BCUT2D eigenvalue weighted by Gasteiger charge is 2.44. The molecule has 2 fully saturated rings. The van der Waals surface area contributed by atoms with E-state index < -0.39 is 10.0 Å². The largest absolute Gasteiger partial charge is 0.327 e. The molecule has 3 unspecified atom stereocenters. The molecule has 1 saturated heterocycles. The van der Waals surface area contributed by atoms with E-state index in [-0.39, 0.29) is 18.4 Å². The van der Waals surface area contributed by atoms with Gasteiger partial charge in [-0.15, -0.1) is 12.4 Å². The summed E-state index contributed by atoms with van der Waals surface area (Å²) in [6.45, 7) is 5.55. The molecule has 4 nitrogen and oxygen atoms in total. The monoisotopic (exact) mass is 358 g/mol. The summed E-state index contributed by atoms with van der Waals surface area (Å²) >= 11 is 0. The highest BCUT2D eigenvalue weighted by Crippen LogP contribution is 2.39. The first-order chi connectivity index (χ1) is 10.4. The standard InChI is InChI=1S/C17H26N2O2S.ClH/c1-12(2)9-13-3-6-15(7-4-13)22(20,21)19-10-14-5-8-17(18)16(14)11-19;/h3-4,6-7,12,14,16-17H,5,8-11,18H2,1-2H3;1H. The van der Waals surface area contributed by atoms with Crippen molar-refractivity contribution >= 4 is 22.4 Å². The lowest BCUT2D eigenvalue weighted by Gasteiger charge is -2.19. The summed E-state index contributed by atoms with van der Waals surface area (Å²) in [5.41, 5.74) is 7.30. The van der Waals surface area contributed by atoms with Crippen LogP contribution in [0.3, 0.4) is 0 Å². The third-order valence-corrected chi connectivity index (χ3v) is 6.93. The Labute approximate surface area is 145 Å². The van der Waals surface area contributed by atoms with Crippen molar-refractivity contribution in [2.45, 2.75) is 44.0 Å². The first kappa shape index (κ1) is 18.7. The van der Waals surface area contributed by atoms with Gasteiger partial charge in [0.15, 0.2) is 0 Å². The van der Waals surface area contributed by atoms with Gasteiger partial charge in [-0.2, -0.15) is 4.31 Å². The Morgan fingerprint density at radius 1 is 1.17 bits per heavy atom. The molecule has 0 aromatic heterocycles. The Hall–Kier alpha value is -0.620. The van der Waals surface area contributed by atoms with E-state index in [1.807, 2.05) is 12.1 Å². The van der Waals surface area contributed by atoms with Crippen LogP contribution in [0.4, 0.5) is 0 Å². The third-order valence-electron chi connectivity index (χ3n) is 5.08. The van der Waals surface area contributed by atoms with Gasteiger partial charge < -0.3 is 5.73 Å². The number of benzene rings is 1. The molecular formula is C17H27ClN2O2S. The van der Waals surface area contributed by atoms with Crippen molar-refractivity contribution in [3.05, 3.63) is 29.8 Å². The number of sulfonamides is 1. The molecule has 1 heterocycles. The van der Waals surface area contributed by atoms with Gasteiger partial charge in [0.25, 0.3) is 0 Å². The maximum atomic E-state index is 12.8. The summed E-state index contributed by atoms with van der Waals surface area (Å²) in [5.74, 6) is 1.36. The Kier molecular flexibility index (Phi) is 5.77. The van der Waals surface area contributed by atoms with Crippen molar-refractivity contribution in [3.8, 4) is 0 Å². The van der Waals surface area contributed by atoms with Crippen LogP contribution in [0.1, 0.15) is 32.3 Å². The highest BCUT2D eigenvalue weighted by molar-refractivity contribution is 7.89. The van der Waals surface area contributed by atoms with Crippen molar-refractivity contribution in [2.24, 2.45) is 23.5 Å². The summed E-state index contributed by atoms with van der Waals surface area (Å²) < 4.78 is 27.2. The van der Waals surface area contributed by atoms with Crippen molar-refractivity contribution in [1.82, 2.24) is 4.31 Å². The fraction of sp³-hybridized carbons (Fsp3) is 0.647. The van der Waals surface area contributed by atoms with Crippen LogP contribution in [-0.4, -0.2) is 31.9 Å². The molecule has 1 aliphatic heterocycles. The van der Waals surface area contributed by atoms with Crippen LogP contribution < -0.4 is 5.73 Å². The number of nitrogens with zero attached hydrogens (tertiary/aromatic N) is 1. The summed E-state index contributed by atoms with van der Waals surface area (Å²) in [4.78, 5) is 0.411. The second kappa shape index (κ2) is 7.09. The van der Waals surface area contributed by atoms with E-state index in [4.69, 9.17) is 5.73 Å². The van der Waals surface area contributed by atoms with Gasteiger partial charge in [0.2, 0.25) is 10.0 Å². The van der Waals surface area contributed by atoms with E-state index in [0.717, 1.165) is 19.3 Å². The van der Waals surface area contributed by atoms with Crippen LogP contribution in [0.25, 0.3) is 0 Å². The van der Waals surface area contributed by atoms with Crippen molar-refractivity contribution in [2.75, 3.05) is 13.1 Å². The van der Waals surface area contributed by atoms with E-state index in [1.165, 1.54) is 5.56 Å². The van der Waals surface area contributed by atoms with Gasteiger partial charge in [0.05, 0.1) is 4.90 Å². The minimum absolute atomic E-state index is 0. The molecule has 2 aliphatic rings. The average Bonchev–Trinajstić information content (AvgIpc) is 3.02. The summed E-state index contributed by atoms with van der Waals surface area (Å²) in [6, 6.07) is 7.55. The number of fused-ring (bicyclic) bond motifs is 1. The fourth-order valence-corrected chi connectivity index (χ4v) is 5.42. The first-order valence-electron chi connectivity index (χ1n) is 8.22. The van der Waals surface area contributed by atoms with Crippen molar-refractivity contribution in [1.29, 1.82) is 0 Å². The van der Waals surface area contributed by atoms with Gasteiger partial charge in [0.1, 0.15) is 0 Å². The zero-order chi connectivity index (χ0) is 15.9. The van der Waals surface area contributed by atoms with Crippen molar-refractivity contribution < 1.29 is 8.42 Å². The Bertz CT molecular complexity index is 630. The lowest BCUT2D eigenvalue weighted by Crippen LogP contribution is -2.33. The number of nitrogens with two attached hydrogens (primary N) is 1. The molecule has 1 aromatic rings. The lowest BCUT2D eigenvalue weighted by atomic mass is 9.98. The molecule has 6 heteroatoms. The number of rotatable bonds is 4. The van der Waals surface area contributed by atoms with Gasteiger partial charge >= 0.3 is 0 Å². The highest BCUT2D eigenvalue weighted by atomic mass is 35.5. The molecule has 0 spiro atoms. The number of halogens is 1. The van der Waals surface area contributed by atoms with E-state index >= 15 is 0 Å². The topological polar surface area (TPSA) is 63.4 Å². The van der Waals surface area contributed by atoms with Crippen LogP contribution in [0, 0.1) is 17.8 Å². The predicted octanol–water partition coefficient (Wildman–Crippen LogP) is 2.66. The van der Waals surface area contributed by atoms with E-state index in [1.54, 1.807) is 16.4 Å². The normalized spacial score (nSPS) is 27.9. The second-order valence-electron chi connectivity index (χ2n) is 7.23. The van der Waals surface area contributed by atoms with E-state index in [0.29, 0.717) is 35.7 Å². The molecule has 2 N–H and O–H groups in total. The quantitative estimate of drug-likeness (QED) is 0.899. The molecular weight excluding hydrogens is 332 g/mol. The molecule has 23 heavy (non-hydrogen) atoms. The fourth-order valence-electron chi connectivity index (χ4n) is 3.88. The molecule has 1 aliphatic carbocycles. The molecule has 1 saturated carbocycles. The molecule has 0 amide bonds. The van der Waals surface area contributed by atoms with Gasteiger partial charge in [-0.25, -0.2) is 8.42 Å². The maximum absolute atomic E-state index is 12.8. The molecule has 130 valence electrons. The van der Waals surface area contributed by atoms with E-state index in [9.17, 15) is 8.42 Å². The van der Waals surface area contributed by atoms with Gasteiger partial charge in [0, 0.05) is 19.1 Å². The SMILES string of the molecule is CC(C)Cc1ccc(S(=O)(=O)N2CC3CCC(N)C3C2)cc1.Cl. The Morgan fingerprint density at radius 3 is 2.39 bits per heavy atom. The van der Waals surface area contributed by atoms with Gasteiger partial charge in [-0.1, -0.05) is 26.0 Å². The van der Waals surface area contributed by atoms with Gasteiger partial charge in [-0.05, 0) is 54.7 Å². The molecule has 3 rings (SSSR count). The third kappa shape index (κ3) is 3.73. The molecule has 1 aromatic carbocycles. The maximum Gasteiger partial charge on any atom is 0.243 e. The Balaban J connectivity index is 0.00000192. The Morgan fingerprint density at radius 2 is 1.83 bits per heavy atom. The van der Waals surface area contributed by atoms with Crippen LogP contribution in [-0.2, 0) is 16.4 Å². The van der Waals surface area contributed by atoms with Crippen LogP contribution in [0.15, 0.2) is 29.2 Å². The lowest BCUT2D eigenvalue weighted by molar-refractivity contribution is 0.427. The second-order valence-corrected chi connectivity index (χ2v) is 9.17. The summed E-state index contributed by atoms with van der Waals surface area (Å²) in [7, 11) is -3.37. The van der Waals surface area contributed by atoms with Crippen LogP contribution in [0.5, 0.6) is 0 Å². The summed E-state index contributed by atoms with van der Waals surface area (Å²) in [5, 5.41) is 0. The average molecular weight is 359 g/mol. The van der Waals surface area contributed by atoms with Crippen molar-refractivity contribution in [3.63, 3.8) is 0 Å². The minimum atomic E-state index is -3.37. The predicted molar refractivity (Wildman–Crippen MR) is 95.2 cm³/mol. The minimum Gasteiger partial charge on any atom is -0.327 e. The zero-order valence-electron chi connectivity index (χ0n) is 13.8. The first-order valence-corrected chi connectivity index (χ1v) is 9.66. The molecule has 3 atom stereocenters. The van der Waals surface area contributed by atoms with E-state index in [2.05, 4.69) is 13.8 Å². The number of hydrogen-bond acceptors (Lipinski definition) is 3. The van der Waals surface area contributed by atoms with Crippen LogP contribution >= 0.6 is 12.4 Å². The molecule has 0 bridgehead atoms.